The first-order valence-corrected chi connectivity index (χ1v) is 5.44. The van der Waals surface area contributed by atoms with Gasteiger partial charge < -0.3 is 10.0 Å². The minimum atomic E-state index is -0.759. The van der Waals surface area contributed by atoms with Crippen LogP contribution in [0.25, 0.3) is 0 Å². The van der Waals surface area contributed by atoms with Gasteiger partial charge in [0.25, 0.3) is 0 Å². The molecule has 1 atom stereocenters. The van der Waals surface area contributed by atoms with Crippen LogP contribution in [0.3, 0.4) is 0 Å². The number of hydrogen-bond donors (Lipinski definition) is 1. The smallest absolute Gasteiger partial charge is 0.308 e. The molecule has 1 aromatic rings. The molecular formula is C12H18N2O2. The lowest BCUT2D eigenvalue weighted by Gasteiger charge is -2.26. The molecule has 1 unspecified atom stereocenters. The summed E-state index contributed by atoms with van der Waals surface area (Å²) in [7, 11) is 0. The molecule has 0 amide bonds. The van der Waals surface area contributed by atoms with Crippen molar-refractivity contribution >= 4 is 11.7 Å². The molecule has 88 valence electrons. The van der Waals surface area contributed by atoms with Crippen molar-refractivity contribution in [3.8, 4) is 0 Å². The molecule has 0 saturated heterocycles. The van der Waals surface area contributed by atoms with E-state index in [0.29, 0.717) is 6.54 Å². The minimum Gasteiger partial charge on any atom is -0.481 e. The predicted molar refractivity (Wildman–Crippen MR) is 63.7 cm³/mol. The highest BCUT2D eigenvalue weighted by Gasteiger charge is 2.16. The Labute approximate surface area is 95.9 Å². The molecule has 1 N–H and O–H groups in total. The second-order valence-electron chi connectivity index (χ2n) is 3.94. The number of nitrogens with zero attached hydrogens (tertiary/aromatic N) is 2. The summed E-state index contributed by atoms with van der Waals surface area (Å²) >= 11 is 0. The van der Waals surface area contributed by atoms with Crippen LogP contribution in [0.2, 0.25) is 0 Å². The first-order chi connectivity index (χ1) is 7.56. The Kier molecular flexibility index (Phi) is 4.28. The fraction of sp³-hybridized carbons (Fsp3) is 0.500. The summed E-state index contributed by atoms with van der Waals surface area (Å²) in [6, 6.07) is 1.92. The van der Waals surface area contributed by atoms with Crippen LogP contribution in [0.4, 0.5) is 5.69 Å². The van der Waals surface area contributed by atoms with Gasteiger partial charge in [0.05, 0.1) is 5.92 Å². The van der Waals surface area contributed by atoms with Gasteiger partial charge in [-0.25, -0.2) is 0 Å². The number of aromatic nitrogens is 1. The number of hydrogen-bond acceptors (Lipinski definition) is 3. The summed E-state index contributed by atoms with van der Waals surface area (Å²) in [6.07, 6.45) is 3.53. The fourth-order valence-electron chi connectivity index (χ4n) is 1.63. The minimum absolute atomic E-state index is 0.368. The molecule has 1 rings (SSSR count). The molecule has 0 fully saturated rings. The van der Waals surface area contributed by atoms with E-state index in [1.165, 1.54) is 0 Å². The lowest BCUT2D eigenvalue weighted by atomic mass is 10.1. The van der Waals surface area contributed by atoms with Crippen molar-refractivity contribution in [1.82, 2.24) is 4.98 Å². The van der Waals surface area contributed by atoms with Gasteiger partial charge in [-0.15, -0.1) is 0 Å². The topological polar surface area (TPSA) is 53.4 Å². The van der Waals surface area contributed by atoms with E-state index in [4.69, 9.17) is 5.11 Å². The van der Waals surface area contributed by atoms with Crippen molar-refractivity contribution in [2.75, 3.05) is 18.0 Å². The van der Waals surface area contributed by atoms with Gasteiger partial charge in [0.15, 0.2) is 0 Å². The number of carboxylic acids is 1. The standard InChI is InChI=1S/C12H18N2O2/c1-4-14(8-10(3)12(15)16)11-5-6-13-7-9(11)2/h5-7,10H,4,8H2,1-3H3,(H,15,16). The third-order valence-corrected chi connectivity index (χ3v) is 2.63. The number of carbonyl (C=O) groups is 1. The summed E-state index contributed by atoms with van der Waals surface area (Å²) in [4.78, 5) is 16.9. The summed E-state index contributed by atoms with van der Waals surface area (Å²) in [5.41, 5.74) is 2.13. The molecule has 1 heterocycles. The van der Waals surface area contributed by atoms with Gasteiger partial charge in [-0.3, -0.25) is 9.78 Å². The number of aliphatic carboxylic acids is 1. The van der Waals surface area contributed by atoms with E-state index in [9.17, 15) is 4.79 Å². The maximum atomic E-state index is 10.8. The summed E-state index contributed by atoms with van der Waals surface area (Å²) in [6.45, 7) is 7.05. The molecule has 0 saturated carbocycles. The van der Waals surface area contributed by atoms with Crippen LogP contribution in [0.5, 0.6) is 0 Å². The monoisotopic (exact) mass is 222 g/mol. The van der Waals surface area contributed by atoms with Crippen LogP contribution in [-0.4, -0.2) is 29.1 Å². The van der Waals surface area contributed by atoms with Crippen LogP contribution in [0.1, 0.15) is 19.4 Å². The zero-order valence-electron chi connectivity index (χ0n) is 9.97. The van der Waals surface area contributed by atoms with Gasteiger partial charge in [-0.05, 0) is 25.5 Å². The van der Waals surface area contributed by atoms with Gasteiger partial charge in [0.2, 0.25) is 0 Å². The third kappa shape index (κ3) is 2.95. The Balaban J connectivity index is 2.83. The van der Waals surface area contributed by atoms with Crippen molar-refractivity contribution < 1.29 is 9.90 Å². The van der Waals surface area contributed by atoms with Gasteiger partial charge >= 0.3 is 5.97 Å². The predicted octanol–water partition coefficient (Wildman–Crippen LogP) is 1.94. The van der Waals surface area contributed by atoms with Gasteiger partial charge in [0, 0.05) is 31.2 Å². The van der Waals surface area contributed by atoms with E-state index in [1.807, 2.05) is 19.9 Å². The van der Waals surface area contributed by atoms with Gasteiger partial charge in [-0.1, -0.05) is 6.92 Å². The highest BCUT2D eigenvalue weighted by Crippen LogP contribution is 2.19. The lowest BCUT2D eigenvalue weighted by Crippen LogP contribution is -2.32. The first kappa shape index (κ1) is 12.5. The fourth-order valence-corrected chi connectivity index (χ4v) is 1.63. The van der Waals surface area contributed by atoms with E-state index >= 15 is 0 Å². The van der Waals surface area contributed by atoms with Crippen LogP contribution in [-0.2, 0) is 4.79 Å². The molecule has 4 nitrogen and oxygen atoms in total. The number of anilines is 1. The molecule has 0 bridgehead atoms. The molecule has 0 aliphatic heterocycles. The summed E-state index contributed by atoms with van der Waals surface area (Å²) in [5.74, 6) is -1.13. The van der Waals surface area contributed by atoms with Gasteiger partial charge in [-0.2, -0.15) is 0 Å². The van der Waals surface area contributed by atoms with E-state index in [1.54, 1.807) is 19.3 Å². The second-order valence-corrected chi connectivity index (χ2v) is 3.94. The SMILES string of the molecule is CCN(CC(C)C(=O)O)c1ccncc1C. The summed E-state index contributed by atoms with van der Waals surface area (Å²) in [5, 5.41) is 8.90. The van der Waals surface area contributed by atoms with Crippen LogP contribution >= 0.6 is 0 Å². The Hall–Kier alpha value is -1.58. The highest BCUT2D eigenvalue weighted by molar-refractivity contribution is 5.70. The van der Waals surface area contributed by atoms with E-state index in [-0.39, 0.29) is 5.92 Å². The van der Waals surface area contributed by atoms with Crippen LogP contribution in [0, 0.1) is 12.8 Å². The van der Waals surface area contributed by atoms with E-state index in [2.05, 4.69) is 9.88 Å². The zero-order chi connectivity index (χ0) is 12.1. The Bertz CT molecular complexity index is 366. The number of rotatable bonds is 5. The second kappa shape index (κ2) is 5.49. The molecule has 16 heavy (non-hydrogen) atoms. The number of carboxylic acid groups (broad SMARTS) is 1. The quantitative estimate of drug-likeness (QED) is 0.827. The Morgan fingerprint density at radius 2 is 2.31 bits per heavy atom. The normalized spacial score (nSPS) is 12.2. The molecule has 4 heteroatoms. The van der Waals surface area contributed by atoms with Crippen molar-refractivity contribution in [3.63, 3.8) is 0 Å². The van der Waals surface area contributed by atoms with Crippen molar-refractivity contribution in [3.05, 3.63) is 24.0 Å². The van der Waals surface area contributed by atoms with Crippen molar-refractivity contribution in [1.29, 1.82) is 0 Å². The van der Waals surface area contributed by atoms with E-state index < -0.39 is 5.97 Å². The Morgan fingerprint density at radius 3 is 2.81 bits per heavy atom. The zero-order valence-corrected chi connectivity index (χ0v) is 9.97. The third-order valence-electron chi connectivity index (χ3n) is 2.63. The van der Waals surface area contributed by atoms with E-state index in [0.717, 1.165) is 17.8 Å². The van der Waals surface area contributed by atoms with Crippen molar-refractivity contribution in [2.24, 2.45) is 5.92 Å². The maximum Gasteiger partial charge on any atom is 0.308 e. The average Bonchev–Trinajstić information content (AvgIpc) is 2.26. The molecule has 1 aromatic heterocycles. The Morgan fingerprint density at radius 1 is 1.62 bits per heavy atom. The average molecular weight is 222 g/mol. The first-order valence-electron chi connectivity index (χ1n) is 5.44. The van der Waals surface area contributed by atoms with Gasteiger partial charge in [0.1, 0.15) is 0 Å². The molecule has 0 radical (unpaired) electrons. The molecule has 0 aliphatic rings. The molecular weight excluding hydrogens is 204 g/mol. The highest BCUT2D eigenvalue weighted by atomic mass is 16.4. The number of aryl methyl sites for hydroxylation is 1. The summed E-state index contributed by atoms with van der Waals surface area (Å²) < 4.78 is 0. The molecule has 0 aliphatic carbocycles. The largest absolute Gasteiger partial charge is 0.481 e. The lowest BCUT2D eigenvalue weighted by molar-refractivity contribution is -0.140. The van der Waals surface area contributed by atoms with Crippen LogP contribution in [0.15, 0.2) is 18.5 Å². The molecule has 0 spiro atoms. The van der Waals surface area contributed by atoms with Crippen molar-refractivity contribution in [2.45, 2.75) is 20.8 Å². The van der Waals surface area contributed by atoms with Crippen LogP contribution < -0.4 is 4.90 Å². The molecule has 0 aromatic carbocycles. The number of pyridine rings is 1. The maximum absolute atomic E-state index is 10.8.